The first-order valence-corrected chi connectivity index (χ1v) is 9.47. The fraction of sp³-hybridized carbons (Fsp3) is 0.143. The van der Waals surface area contributed by atoms with Gasteiger partial charge in [0.2, 0.25) is 0 Å². The Labute approximate surface area is 174 Å². The Hall–Kier alpha value is -3.23. The van der Waals surface area contributed by atoms with E-state index in [1.54, 1.807) is 30.3 Å². The van der Waals surface area contributed by atoms with Crippen LogP contribution in [0.15, 0.2) is 59.5 Å². The second kappa shape index (κ2) is 8.25. The number of anilines is 1. The lowest BCUT2D eigenvalue weighted by Crippen LogP contribution is -2.17. The predicted octanol–water partition coefficient (Wildman–Crippen LogP) is 4.65. The molecule has 154 valence electrons. The molecule has 2 aromatic heterocycles. The lowest BCUT2D eigenvalue weighted by atomic mass is 10.1. The number of imidazole rings is 1. The first kappa shape index (κ1) is 20.1. The number of aliphatic hydroxyl groups excluding tert-OH is 1. The van der Waals surface area contributed by atoms with Crippen LogP contribution in [0.25, 0.3) is 22.4 Å². The number of fused-ring (bicyclic) bond motifs is 1. The molecule has 4 N–H and O–H groups in total. The molecule has 0 amide bonds. The smallest absolute Gasteiger partial charge is 0.263 e. The van der Waals surface area contributed by atoms with Gasteiger partial charge >= 0.3 is 0 Å². The van der Waals surface area contributed by atoms with E-state index in [1.807, 2.05) is 0 Å². The Balaban J connectivity index is 1.65. The number of nitrogens with one attached hydrogen (secondary N) is 3. The number of aromatic nitrogens is 3. The largest absolute Gasteiger partial charge is 0.387 e. The Kier molecular flexibility index (Phi) is 5.52. The fourth-order valence-corrected chi connectivity index (χ4v) is 3.38. The molecule has 0 aliphatic rings. The Bertz CT molecular complexity index is 1260. The summed E-state index contributed by atoms with van der Waals surface area (Å²) in [6.07, 6.45) is -2.00. The van der Waals surface area contributed by atoms with Crippen LogP contribution in [0, 0.1) is 0 Å². The van der Waals surface area contributed by atoms with Gasteiger partial charge in [0.25, 0.3) is 12.0 Å². The minimum Gasteiger partial charge on any atom is -0.387 e. The highest BCUT2D eigenvalue weighted by Gasteiger charge is 2.17. The summed E-state index contributed by atoms with van der Waals surface area (Å²) in [5, 5.41) is 14.0. The van der Waals surface area contributed by atoms with E-state index in [2.05, 4.69) is 20.3 Å². The van der Waals surface area contributed by atoms with Gasteiger partial charge < -0.3 is 20.4 Å². The number of hydrogen-bond acceptors (Lipinski definition) is 4. The number of hydrogen-bond donors (Lipinski definition) is 4. The number of alkyl halides is 2. The molecule has 0 spiro atoms. The zero-order chi connectivity index (χ0) is 21.3. The van der Waals surface area contributed by atoms with Gasteiger partial charge in [-0.1, -0.05) is 29.8 Å². The molecule has 30 heavy (non-hydrogen) atoms. The summed E-state index contributed by atoms with van der Waals surface area (Å²) < 4.78 is 25.9. The van der Waals surface area contributed by atoms with Crippen LogP contribution in [0.5, 0.6) is 0 Å². The molecule has 0 radical (unpaired) electrons. The van der Waals surface area contributed by atoms with Crippen molar-refractivity contribution < 1.29 is 13.9 Å². The third kappa shape index (κ3) is 4.05. The van der Waals surface area contributed by atoms with Crippen LogP contribution in [0.2, 0.25) is 5.02 Å². The average Bonchev–Trinajstić information content (AvgIpc) is 3.14. The molecule has 2 aromatic carbocycles. The van der Waals surface area contributed by atoms with Gasteiger partial charge in [0.05, 0.1) is 22.8 Å². The summed E-state index contributed by atoms with van der Waals surface area (Å²) in [5.74, 6) is 0.234. The quantitative estimate of drug-likeness (QED) is 0.358. The molecule has 0 aliphatic heterocycles. The maximum absolute atomic E-state index is 13.0. The third-order valence-corrected chi connectivity index (χ3v) is 4.91. The molecular formula is C21H17ClF2N4O2. The number of H-pyrrole nitrogens is 2. The molecule has 0 aliphatic carbocycles. The molecule has 9 heteroatoms. The van der Waals surface area contributed by atoms with Gasteiger partial charge in [-0.25, -0.2) is 13.8 Å². The average molecular weight is 431 g/mol. The fourth-order valence-electron chi connectivity index (χ4n) is 3.18. The van der Waals surface area contributed by atoms with Gasteiger partial charge in [0.1, 0.15) is 11.4 Å². The summed E-state index contributed by atoms with van der Waals surface area (Å²) >= 11 is 5.97. The highest BCUT2D eigenvalue weighted by molar-refractivity contribution is 6.30. The first-order valence-electron chi connectivity index (χ1n) is 9.09. The molecule has 0 unspecified atom stereocenters. The second-order valence-corrected chi connectivity index (χ2v) is 7.15. The lowest BCUT2D eigenvalue weighted by molar-refractivity contribution is 0.151. The summed E-state index contributed by atoms with van der Waals surface area (Å²) in [7, 11) is 0. The second-order valence-electron chi connectivity index (χ2n) is 6.71. The number of aromatic amines is 2. The van der Waals surface area contributed by atoms with Crippen molar-refractivity contribution in [1.82, 2.24) is 15.0 Å². The van der Waals surface area contributed by atoms with E-state index in [4.69, 9.17) is 11.6 Å². The van der Waals surface area contributed by atoms with Crippen molar-refractivity contribution in [1.29, 1.82) is 0 Å². The molecule has 4 rings (SSSR count). The predicted molar refractivity (Wildman–Crippen MR) is 112 cm³/mol. The SMILES string of the molecule is O=c1[nH]ccc(NC[C@H](O)c2cccc(Cl)c2)c1-c1nc2ccc(C(F)F)cc2[nH]1. The van der Waals surface area contributed by atoms with Gasteiger partial charge in [-0.2, -0.15) is 0 Å². The molecule has 0 bridgehead atoms. The van der Waals surface area contributed by atoms with Gasteiger partial charge in [0, 0.05) is 23.3 Å². The van der Waals surface area contributed by atoms with Crippen molar-refractivity contribution in [2.24, 2.45) is 0 Å². The minimum atomic E-state index is -2.61. The summed E-state index contributed by atoms with van der Waals surface area (Å²) in [6.45, 7) is 0.118. The van der Waals surface area contributed by atoms with Crippen LogP contribution in [0.4, 0.5) is 14.5 Å². The van der Waals surface area contributed by atoms with Crippen LogP contribution in [-0.4, -0.2) is 26.6 Å². The van der Waals surface area contributed by atoms with Crippen LogP contribution in [0.3, 0.4) is 0 Å². The van der Waals surface area contributed by atoms with E-state index < -0.39 is 18.1 Å². The number of benzene rings is 2. The van der Waals surface area contributed by atoms with E-state index in [0.29, 0.717) is 27.3 Å². The lowest BCUT2D eigenvalue weighted by Gasteiger charge is -2.15. The number of nitrogens with zero attached hydrogens (tertiary/aromatic N) is 1. The summed E-state index contributed by atoms with van der Waals surface area (Å²) in [5.41, 5.74) is 1.59. The topological polar surface area (TPSA) is 93.8 Å². The number of halogens is 3. The zero-order valence-electron chi connectivity index (χ0n) is 15.5. The highest BCUT2D eigenvalue weighted by atomic mass is 35.5. The van der Waals surface area contributed by atoms with Gasteiger partial charge in [-0.05, 0) is 35.9 Å². The molecule has 0 fully saturated rings. The van der Waals surface area contributed by atoms with E-state index >= 15 is 0 Å². The van der Waals surface area contributed by atoms with Crippen molar-refractivity contribution >= 4 is 28.3 Å². The molecule has 0 saturated heterocycles. The van der Waals surface area contributed by atoms with E-state index in [1.165, 1.54) is 24.4 Å². The summed E-state index contributed by atoms with van der Waals surface area (Å²) in [6, 6.07) is 12.6. The summed E-state index contributed by atoms with van der Waals surface area (Å²) in [4.78, 5) is 22.4. The Morgan fingerprint density at radius 1 is 1.13 bits per heavy atom. The van der Waals surface area contributed by atoms with Crippen LogP contribution >= 0.6 is 11.6 Å². The number of rotatable bonds is 6. The van der Waals surface area contributed by atoms with Crippen LogP contribution in [-0.2, 0) is 0 Å². The number of pyridine rings is 1. The third-order valence-electron chi connectivity index (χ3n) is 4.67. The maximum Gasteiger partial charge on any atom is 0.263 e. The van der Waals surface area contributed by atoms with E-state index in [9.17, 15) is 18.7 Å². The minimum absolute atomic E-state index is 0.118. The number of aliphatic hydroxyl groups is 1. The molecule has 1 atom stereocenters. The standard InChI is InChI=1S/C21H17ClF2N4O2/c22-13-3-1-2-11(8-13)17(29)10-26-15-6-7-25-21(30)18(15)20-27-14-5-4-12(19(23)24)9-16(14)28-20/h1-9,17,19,29H,10H2,(H,27,28)(H2,25,26,30)/t17-/m0/s1. The zero-order valence-corrected chi connectivity index (χ0v) is 16.3. The van der Waals surface area contributed by atoms with Crippen LogP contribution < -0.4 is 10.9 Å². The van der Waals surface area contributed by atoms with Gasteiger partial charge in [-0.15, -0.1) is 0 Å². The Morgan fingerprint density at radius 3 is 2.73 bits per heavy atom. The van der Waals surface area contributed by atoms with Crippen molar-refractivity contribution in [3.05, 3.63) is 81.2 Å². The van der Waals surface area contributed by atoms with Crippen molar-refractivity contribution in [2.45, 2.75) is 12.5 Å². The molecular weight excluding hydrogens is 414 g/mol. The monoisotopic (exact) mass is 430 g/mol. The van der Waals surface area contributed by atoms with Crippen molar-refractivity contribution in [3.63, 3.8) is 0 Å². The van der Waals surface area contributed by atoms with Crippen molar-refractivity contribution in [3.8, 4) is 11.4 Å². The van der Waals surface area contributed by atoms with E-state index in [-0.39, 0.29) is 23.5 Å². The van der Waals surface area contributed by atoms with Gasteiger partial charge in [-0.3, -0.25) is 4.79 Å². The van der Waals surface area contributed by atoms with E-state index in [0.717, 1.165) is 0 Å². The highest BCUT2D eigenvalue weighted by Crippen LogP contribution is 2.28. The van der Waals surface area contributed by atoms with Crippen molar-refractivity contribution in [2.75, 3.05) is 11.9 Å². The van der Waals surface area contributed by atoms with Gasteiger partial charge in [0.15, 0.2) is 0 Å². The molecule has 4 aromatic rings. The normalized spacial score (nSPS) is 12.4. The molecule has 6 nitrogen and oxygen atoms in total. The first-order chi connectivity index (χ1) is 14.4. The molecule has 2 heterocycles. The maximum atomic E-state index is 13.0. The molecule has 0 saturated carbocycles. The van der Waals surface area contributed by atoms with Crippen LogP contribution in [0.1, 0.15) is 23.7 Å². The Morgan fingerprint density at radius 2 is 1.97 bits per heavy atom.